The predicted molar refractivity (Wildman–Crippen MR) is 59.3 cm³/mol. The quantitative estimate of drug-likeness (QED) is 0.705. The van der Waals surface area contributed by atoms with Crippen LogP contribution in [0.15, 0.2) is 6.07 Å². The molecule has 0 N–H and O–H groups in total. The number of aromatic nitrogens is 1. The summed E-state index contributed by atoms with van der Waals surface area (Å²) in [4.78, 5) is 5.05. The lowest BCUT2D eigenvalue weighted by atomic mass is 9.84. The fraction of sp³-hybridized carbons (Fsp3) is 0.583. The summed E-state index contributed by atoms with van der Waals surface area (Å²) in [6, 6.07) is 0.555. The topological polar surface area (TPSA) is 16.1 Å². The third kappa shape index (κ3) is 2.53. The summed E-state index contributed by atoms with van der Waals surface area (Å²) in [5.74, 6) is -3.38. The van der Waals surface area contributed by atoms with E-state index >= 15 is 0 Å². The van der Waals surface area contributed by atoms with E-state index in [1.165, 1.54) is 0 Å². The minimum absolute atomic E-state index is 0.0389. The lowest BCUT2D eigenvalue weighted by molar-refractivity contribution is 0.289. The molecule has 94 valence electrons. The van der Waals surface area contributed by atoms with Crippen LogP contribution in [-0.2, 0) is 0 Å². The highest BCUT2D eigenvalue weighted by molar-refractivity contribution is 5.41. The molecule has 1 fully saturated rings. The molecule has 0 spiro atoms. The Balaban J connectivity index is 2.31. The molecule has 0 aliphatic carbocycles. The van der Waals surface area contributed by atoms with E-state index in [1.807, 2.05) is 0 Å². The van der Waals surface area contributed by atoms with Gasteiger partial charge in [0.2, 0.25) is 0 Å². The molecule has 1 saturated heterocycles. The number of halogens is 3. The van der Waals surface area contributed by atoms with Crippen LogP contribution in [0.3, 0.4) is 0 Å². The second-order valence-electron chi connectivity index (χ2n) is 5.26. The van der Waals surface area contributed by atoms with E-state index in [4.69, 9.17) is 0 Å². The summed E-state index contributed by atoms with van der Waals surface area (Å²) in [5, 5.41) is 0. The number of nitrogens with zero attached hydrogens (tertiary/aromatic N) is 2. The van der Waals surface area contributed by atoms with Crippen molar-refractivity contribution in [2.45, 2.75) is 26.7 Å². The molecule has 17 heavy (non-hydrogen) atoms. The first-order valence-corrected chi connectivity index (χ1v) is 5.65. The summed E-state index contributed by atoms with van der Waals surface area (Å²) in [6.07, 6.45) is 1.93. The molecule has 0 bridgehead atoms. The first-order chi connectivity index (χ1) is 7.89. The van der Waals surface area contributed by atoms with Gasteiger partial charge in [0.25, 0.3) is 5.95 Å². The van der Waals surface area contributed by atoms with Crippen LogP contribution in [0.5, 0.6) is 0 Å². The molecule has 0 aromatic carbocycles. The summed E-state index contributed by atoms with van der Waals surface area (Å²) >= 11 is 0. The van der Waals surface area contributed by atoms with E-state index in [0.717, 1.165) is 12.8 Å². The van der Waals surface area contributed by atoms with E-state index < -0.39 is 17.6 Å². The van der Waals surface area contributed by atoms with Gasteiger partial charge in [-0.2, -0.15) is 9.37 Å². The lowest BCUT2D eigenvalue weighted by Gasteiger charge is -2.38. The normalized spacial score (nSPS) is 19.5. The van der Waals surface area contributed by atoms with Gasteiger partial charge in [-0.15, -0.1) is 0 Å². The maximum atomic E-state index is 13.6. The molecule has 1 aromatic heterocycles. The summed E-state index contributed by atoms with van der Waals surface area (Å²) < 4.78 is 39.4. The van der Waals surface area contributed by atoms with Gasteiger partial charge >= 0.3 is 0 Å². The molecular weight excluding hydrogens is 229 g/mol. The van der Waals surface area contributed by atoms with Crippen LogP contribution in [0.25, 0.3) is 0 Å². The summed E-state index contributed by atoms with van der Waals surface area (Å²) in [7, 11) is 0. The molecule has 0 atom stereocenters. The number of hydrogen-bond acceptors (Lipinski definition) is 2. The van der Waals surface area contributed by atoms with Crippen LogP contribution in [0.2, 0.25) is 0 Å². The zero-order valence-electron chi connectivity index (χ0n) is 9.93. The lowest BCUT2D eigenvalue weighted by Crippen LogP contribution is -2.41. The molecule has 0 radical (unpaired) electrons. The average molecular weight is 244 g/mol. The number of hydrogen-bond donors (Lipinski definition) is 0. The van der Waals surface area contributed by atoms with Crippen molar-refractivity contribution in [3.8, 4) is 0 Å². The first kappa shape index (κ1) is 12.2. The minimum atomic E-state index is -1.25. The molecule has 1 aliphatic heterocycles. The third-order valence-corrected chi connectivity index (χ3v) is 3.07. The van der Waals surface area contributed by atoms with E-state index in [0.29, 0.717) is 19.2 Å². The van der Waals surface area contributed by atoms with Gasteiger partial charge in [0.05, 0.1) is 0 Å². The van der Waals surface area contributed by atoms with Crippen LogP contribution < -0.4 is 4.90 Å². The van der Waals surface area contributed by atoms with Gasteiger partial charge in [0.15, 0.2) is 17.5 Å². The van der Waals surface area contributed by atoms with Gasteiger partial charge in [-0.3, -0.25) is 0 Å². The van der Waals surface area contributed by atoms with Gasteiger partial charge in [0.1, 0.15) is 0 Å². The number of anilines is 1. The Bertz CT molecular complexity index is 432. The van der Waals surface area contributed by atoms with Crippen molar-refractivity contribution in [2.24, 2.45) is 5.41 Å². The smallest absolute Gasteiger partial charge is 0.251 e. The third-order valence-electron chi connectivity index (χ3n) is 3.07. The van der Waals surface area contributed by atoms with Gasteiger partial charge in [-0.25, -0.2) is 8.78 Å². The predicted octanol–water partition coefficient (Wildman–Crippen LogP) is 3.13. The fourth-order valence-corrected chi connectivity index (χ4v) is 2.26. The SMILES string of the molecule is CC1(C)CCCN(c2nc(F)c(F)cc2F)C1. The van der Waals surface area contributed by atoms with Gasteiger partial charge in [-0.1, -0.05) is 13.8 Å². The largest absolute Gasteiger partial charge is 0.354 e. The Kier molecular flexibility index (Phi) is 3.02. The molecule has 0 unspecified atom stereocenters. The maximum Gasteiger partial charge on any atom is 0.251 e. The van der Waals surface area contributed by atoms with E-state index in [-0.39, 0.29) is 11.2 Å². The van der Waals surface area contributed by atoms with Crippen molar-refractivity contribution in [1.29, 1.82) is 0 Å². The summed E-state index contributed by atoms with van der Waals surface area (Å²) in [6.45, 7) is 5.36. The monoisotopic (exact) mass is 244 g/mol. The second-order valence-corrected chi connectivity index (χ2v) is 5.26. The zero-order chi connectivity index (χ0) is 12.6. The molecule has 1 aromatic rings. The second kappa shape index (κ2) is 4.20. The van der Waals surface area contributed by atoms with E-state index in [2.05, 4.69) is 18.8 Å². The highest BCUT2D eigenvalue weighted by Gasteiger charge is 2.29. The molecular formula is C12H15F3N2. The number of pyridine rings is 1. The highest BCUT2D eigenvalue weighted by Crippen LogP contribution is 2.32. The van der Waals surface area contributed by atoms with Gasteiger partial charge in [0, 0.05) is 19.2 Å². The first-order valence-electron chi connectivity index (χ1n) is 5.65. The Hall–Kier alpha value is -1.26. The molecule has 1 aliphatic rings. The Morgan fingerprint density at radius 2 is 1.94 bits per heavy atom. The highest BCUT2D eigenvalue weighted by atomic mass is 19.2. The Morgan fingerprint density at radius 1 is 1.24 bits per heavy atom. The number of piperidine rings is 1. The van der Waals surface area contributed by atoms with E-state index in [9.17, 15) is 13.2 Å². The fourth-order valence-electron chi connectivity index (χ4n) is 2.26. The zero-order valence-corrected chi connectivity index (χ0v) is 9.93. The Morgan fingerprint density at radius 3 is 2.59 bits per heavy atom. The molecule has 2 rings (SSSR count). The van der Waals surface area contributed by atoms with E-state index in [1.54, 1.807) is 4.90 Å². The molecule has 2 nitrogen and oxygen atoms in total. The molecule has 0 saturated carbocycles. The molecule has 0 amide bonds. The van der Waals surface area contributed by atoms with Gasteiger partial charge < -0.3 is 4.90 Å². The standard InChI is InChI=1S/C12H15F3N2/c1-12(2)4-3-5-17(7-12)11-9(14)6-8(13)10(15)16-11/h6H,3-5,7H2,1-2H3. The summed E-state index contributed by atoms with van der Waals surface area (Å²) in [5.41, 5.74) is 0.0389. The van der Waals surface area contributed by atoms with Crippen LogP contribution in [0.4, 0.5) is 19.0 Å². The average Bonchev–Trinajstić information content (AvgIpc) is 2.22. The van der Waals surface area contributed by atoms with Crippen molar-refractivity contribution in [3.05, 3.63) is 23.6 Å². The Labute approximate surface area is 98.5 Å². The van der Waals surface area contributed by atoms with Crippen molar-refractivity contribution < 1.29 is 13.2 Å². The van der Waals surface area contributed by atoms with Crippen molar-refractivity contribution in [1.82, 2.24) is 4.98 Å². The molecule has 2 heterocycles. The minimum Gasteiger partial charge on any atom is -0.354 e. The van der Waals surface area contributed by atoms with Crippen LogP contribution in [0, 0.1) is 23.0 Å². The van der Waals surface area contributed by atoms with Crippen LogP contribution in [-0.4, -0.2) is 18.1 Å². The molecule has 5 heteroatoms. The van der Waals surface area contributed by atoms with Crippen molar-refractivity contribution >= 4 is 5.82 Å². The van der Waals surface area contributed by atoms with Crippen LogP contribution in [0.1, 0.15) is 26.7 Å². The maximum absolute atomic E-state index is 13.6. The van der Waals surface area contributed by atoms with Gasteiger partial charge in [-0.05, 0) is 18.3 Å². The number of rotatable bonds is 1. The van der Waals surface area contributed by atoms with Crippen molar-refractivity contribution in [2.75, 3.05) is 18.0 Å². The van der Waals surface area contributed by atoms with Crippen molar-refractivity contribution in [3.63, 3.8) is 0 Å². The van der Waals surface area contributed by atoms with Crippen LogP contribution >= 0.6 is 0 Å².